The minimum atomic E-state index is -0.0229. The number of carbonyl (C=O) groups excluding carboxylic acids is 1. The zero-order valence-electron chi connectivity index (χ0n) is 17.7. The summed E-state index contributed by atoms with van der Waals surface area (Å²) >= 11 is 0. The highest BCUT2D eigenvalue weighted by atomic mass is 16.5. The van der Waals surface area contributed by atoms with Gasteiger partial charge in [0, 0.05) is 24.5 Å². The van der Waals surface area contributed by atoms with Gasteiger partial charge in [-0.1, -0.05) is 12.1 Å². The predicted octanol–water partition coefficient (Wildman–Crippen LogP) is 5.47. The van der Waals surface area contributed by atoms with Crippen LogP contribution in [0.1, 0.15) is 43.2 Å². The van der Waals surface area contributed by atoms with Crippen LogP contribution in [0, 0.1) is 6.92 Å². The summed E-state index contributed by atoms with van der Waals surface area (Å²) in [6, 6.07) is 15.6. The second-order valence-electron chi connectivity index (χ2n) is 7.83. The average molecular weight is 418 g/mol. The summed E-state index contributed by atoms with van der Waals surface area (Å²) in [4.78, 5) is 20.6. The Kier molecular flexibility index (Phi) is 6.77. The SMILES string of the molecule is Cc1cc(Oc2ncccn2)ccc1NC(=O)CCc1cccc(OC2CCCC2)c1. The number of aromatic nitrogens is 2. The van der Waals surface area contributed by atoms with Gasteiger partial charge in [0.2, 0.25) is 5.91 Å². The van der Waals surface area contributed by atoms with Gasteiger partial charge in [0.05, 0.1) is 6.10 Å². The van der Waals surface area contributed by atoms with Crippen molar-refractivity contribution in [2.24, 2.45) is 0 Å². The molecular formula is C25H27N3O3. The number of anilines is 1. The van der Waals surface area contributed by atoms with Crippen LogP contribution < -0.4 is 14.8 Å². The van der Waals surface area contributed by atoms with E-state index < -0.39 is 0 Å². The number of rotatable bonds is 8. The van der Waals surface area contributed by atoms with Gasteiger partial charge in [-0.05, 0) is 86.6 Å². The minimum absolute atomic E-state index is 0.0229. The van der Waals surface area contributed by atoms with E-state index in [1.54, 1.807) is 24.5 Å². The lowest BCUT2D eigenvalue weighted by atomic mass is 10.1. The van der Waals surface area contributed by atoms with Gasteiger partial charge >= 0.3 is 6.01 Å². The van der Waals surface area contributed by atoms with Crippen LogP contribution in [0.4, 0.5) is 5.69 Å². The van der Waals surface area contributed by atoms with E-state index in [0.29, 0.717) is 24.7 Å². The third kappa shape index (κ3) is 6.04. The third-order valence-electron chi connectivity index (χ3n) is 5.37. The van der Waals surface area contributed by atoms with Gasteiger partial charge in [0.15, 0.2) is 0 Å². The Hall–Kier alpha value is -3.41. The van der Waals surface area contributed by atoms with Crippen molar-refractivity contribution in [3.8, 4) is 17.5 Å². The molecule has 1 heterocycles. The molecule has 6 heteroatoms. The summed E-state index contributed by atoms with van der Waals surface area (Å²) in [7, 11) is 0. The molecule has 1 fully saturated rings. The van der Waals surface area contributed by atoms with Crippen molar-refractivity contribution in [3.05, 3.63) is 72.1 Å². The first-order chi connectivity index (χ1) is 15.2. The molecule has 6 nitrogen and oxygen atoms in total. The molecule has 3 aromatic rings. The fourth-order valence-electron chi connectivity index (χ4n) is 3.73. The summed E-state index contributed by atoms with van der Waals surface area (Å²) in [6.07, 6.45) is 9.42. The molecule has 1 amide bonds. The van der Waals surface area contributed by atoms with Crippen LogP contribution in [0.5, 0.6) is 17.5 Å². The molecular weight excluding hydrogens is 390 g/mol. The number of carbonyl (C=O) groups is 1. The number of nitrogens with one attached hydrogen (secondary N) is 1. The van der Waals surface area contributed by atoms with Gasteiger partial charge in [-0.3, -0.25) is 4.79 Å². The summed E-state index contributed by atoms with van der Waals surface area (Å²) < 4.78 is 11.7. The number of hydrogen-bond acceptors (Lipinski definition) is 5. The van der Waals surface area contributed by atoms with Crippen LogP contribution >= 0.6 is 0 Å². The standard InChI is InChI=1S/C25H27N3O3/c1-18-16-22(31-25-26-14-5-15-27-25)11-12-23(18)28-24(29)13-10-19-6-4-9-21(17-19)30-20-7-2-3-8-20/h4-6,9,11-12,14-17,20H,2-3,7-8,10,13H2,1H3,(H,28,29). The Morgan fingerprint density at radius 1 is 1.03 bits per heavy atom. The number of benzene rings is 2. The second-order valence-corrected chi connectivity index (χ2v) is 7.83. The number of nitrogens with zero attached hydrogens (tertiary/aromatic N) is 2. The van der Waals surface area contributed by atoms with Crippen molar-refractivity contribution >= 4 is 11.6 Å². The minimum Gasteiger partial charge on any atom is -0.490 e. The van der Waals surface area contributed by atoms with E-state index >= 15 is 0 Å². The molecule has 1 N–H and O–H groups in total. The molecule has 0 unspecified atom stereocenters. The summed E-state index contributed by atoms with van der Waals surface area (Å²) in [5, 5.41) is 2.99. The lowest BCUT2D eigenvalue weighted by Gasteiger charge is -2.14. The Morgan fingerprint density at radius 2 is 1.84 bits per heavy atom. The highest BCUT2D eigenvalue weighted by Gasteiger charge is 2.16. The Balaban J connectivity index is 1.29. The van der Waals surface area contributed by atoms with Crippen LogP contribution in [-0.4, -0.2) is 22.0 Å². The molecule has 1 aliphatic carbocycles. The van der Waals surface area contributed by atoms with E-state index in [0.717, 1.165) is 35.4 Å². The van der Waals surface area contributed by atoms with Crippen molar-refractivity contribution in [2.45, 2.75) is 51.6 Å². The average Bonchev–Trinajstić information content (AvgIpc) is 3.28. The Labute approximate surface area is 182 Å². The van der Waals surface area contributed by atoms with Crippen molar-refractivity contribution in [1.29, 1.82) is 0 Å². The van der Waals surface area contributed by atoms with Crippen LogP contribution in [0.25, 0.3) is 0 Å². The predicted molar refractivity (Wildman–Crippen MR) is 120 cm³/mol. The van der Waals surface area contributed by atoms with Gasteiger partial charge in [0.1, 0.15) is 11.5 Å². The zero-order chi connectivity index (χ0) is 21.5. The molecule has 0 radical (unpaired) electrons. The van der Waals surface area contributed by atoms with Crippen molar-refractivity contribution in [2.75, 3.05) is 5.32 Å². The molecule has 0 saturated heterocycles. The summed E-state index contributed by atoms with van der Waals surface area (Å²) in [5.41, 5.74) is 2.78. The van der Waals surface area contributed by atoms with Gasteiger partial charge < -0.3 is 14.8 Å². The first-order valence-corrected chi connectivity index (χ1v) is 10.8. The zero-order valence-corrected chi connectivity index (χ0v) is 17.7. The van der Waals surface area contributed by atoms with Crippen molar-refractivity contribution in [1.82, 2.24) is 9.97 Å². The maximum absolute atomic E-state index is 12.5. The molecule has 31 heavy (non-hydrogen) atoms. The Bertz CT molecular complexity index is 1020. The Morgan fingerprint density at radius 3 is 2.61 bits per heavy atom. The number of ether oxygens (including phenoxy) is 2. The van der Waals surface area contributed by atoms with E-state index in [1.165, 1.54) is 12.8 Å². The fraction of sp³-hybridized carbons (Fsp3) is 0.320. The first-order valence-electron chi connectivity index (χ1n) is 10.8. The van der Waals surface area contributed by atoms with Crippen LogP contribution in [0.15, 0.2) is 60.9 Å². The molecule has 0 spiro atoms. The maximum atomic E-state index is 12.5. The molecule has 1 saturated carbocycles. The molecule has 2 aromatic carbocycles. The molecule has 0 aliphatic heterocycles. The largest absolute Gasteiger partial charge is 0.490 e. The van der Waals surface area contributed by atoms with Crippen LogP contribution in [0.3, 0.4) is 0 Å². The third-order valence-corrected chi connectivity index (χ3v) is 5.37. The summed E-state index contributed by atoms with van der Waals surface area (Å²) in [6.45, 7) is 1.93. The molecule has 1 aliphatic rings. The quantitative estimate of drug-likeness (QED) is 0.526. The van der Waals surface area contributed by atoms with Gasteiger partial charge in [-0.25, -0.2) is 9.97 Å². The van der Waals surface area contributed by atoms with Crippen molar-refractivity contribution in [3.63, 3.8) is 0 Å². The van der Waals surface area contributed by atoms with Crippen LogP contribution in [-0.2, 0) is 11.2 Å². The molecule has 160 valence electrons. The smallest absolute Gasteiger partial charge is 0.321 e. The van der Waals surface area contributed by atoms with Crippen molar-refractivity contribution < 1.29 is 14.3 Å². The maximum Gasteiger partial charge on any atom is 0.321 e. The second kappa shape index (κ2) is 10.1. The summed E-state index contributed by atoms with van der Waals surface area (Å²) in [5.74, 6) is 1.50. The van der Waals surface area contributed by atoms with E-state index in [2.05, 4.69) is 21.4 Å². The van der Waals surface area contributed by atoms with Crippen LogP contribution in [0.2, 0.25) is 0 Å². The van der Waals surface area contributed by atoms with Gasteiger partial charge in [-0.2, -0.15) is 0 Å². The lowest BCUT2D eigenvalue weighted by molar-refractivity contribution is -0.116. The van der Waals surface area contributed by atoms with Gasteiger partial charge in [-0.15, -0.1) is 0 Å². The van der Waals surface area contributed by atoms with E-state index in [9.17, 15) is 4.79 Å². The lowest BCUT2D eigenvalue weighted by Crippen LogP contribution is -2.13. The van der Waals surface area contributed by atoms with Gasteiger partial charge in [0.25, 0.3) is 0 Å². The number of amides is 1. The van der Waals surface area contributed by atoms with E-state index in [-0.39, 0.29) is 11.9 Å². The fourth-order valence-corrected chi connectivity index (χ4v) is 3.73. The molecule has 1 aromatic heterocycles. The highest BCUT2D eigenvalue weighted by molar-refractivity contribution is 5.91. The highest BCUT2D eigenvalue weighted by Crippen LogP contribution is 2.26. The topological polar surface area (TPSA) is 73.3 Å². The first kappa shape index (κ1) is 20.8. The number of hydrogen-bond donors (Lipinski definition) is 1. The van der Waals surface area contributed by atoms with E-state index in [1.807, 2.05) is 37.3 Å². The van der Waals surface area contributed by atoms with E-state index in [4.69, 9.17) is 9.47 Å². The monoisotopic (exact) mass is 417 g/mol. The molecule has 0 bridgehead atoms. The molecule has 4 rings (SSSR count). The normalized spacial score (nSPS) is 13.7. The number of aryl methyl sites for hydroxylation is 2. The molecule has 0 atom stereocenters.